The van der Waals surface area contributed by atoms with E-state index < -0.39 is 32.4 Å². The fourth-order valence-corrected chi connectivity index (χ4v) is 4.09. The molecule has 5 nitrogen and oxygen atoms in total. The van der Waals surface area contributed by atoms with Crippen molar-refractivity contribution in [2.75, 3.05) is 4.72 Å². The maximum atomic E-state index is 13.7. The smallest absolute Gasteiger partial charge is 0.262 e. The lowest BCUT2D eigenvalue weighted by atomic mass is 10.2. The molecule has 158 valence electrons. The number of sulfonamides is 1. The van der Waals surface area contributed by atoms with Crippen molar-refractivity contribution in [3.05, 3.63) is 89.9 Å². The first-order valence-corrected chi connectivity index (χ1v) is 10.5. The zero-order valence-electron chi connectivity index (χ0n) is 16.1. The third-order valence-corrected chi connectivity index (χ3v) is 5.70. The van der Waals surface area contributed by atoms with Crippen LogP contribution in [0.25, 0.3) is 10.9 Å². The Hall–Kier alpha value is -3.59. The molecule has 0 saturated carbocycles. The van der Waals surface area contributed by atoms with E-state index in [1.54, 1.807) is 19.1 Å². The summed E-state index contributed by atoms with van der Waals surface area (Å²) in [5, 5.41) is 0.489. The predicted molar refractivity (Wildman–Crippen MR) is 110 cm³/mol. The molecule has 0 aliphatic carbocycles. The third kappa shape index (κ3) is 4.61. The van der Waals surface area contributed by atoms with Crippen LogP contribution >= 0.6 is 0 Å². The fourth-order valence-electron chi connectivity index (χ4n) is 2.99. The average molecular weight is 444 g/mol. The number of fused-ring (bicyclic) bond motifs is 1. The van der Waals surface area contributed by atoms with E-state index in [9.17, 15) is 21.6 Å². The number of ether oxygens (including phenoxy) is 1. The van der Waals surface area contributed by atoms with E-state index in [-0.39, 0.29) is 5.69 Å². The molecular formula is C22H15F3N2O3S. The number of aryl methyl sites for hydroxylation is 1. The largest absolute Gasteiger partial charge is 0.457 e. The van der Waals surface area contributed by atoms with Crippen LogP contribution in [0.2, 0.25) is 0 Å². The van der Waals surface area contributed by atoms with Gasteiger partial charge >= 0.3 is 0 Å². The maximum absolute atomic E-state index is 13.7. The van der Waals surface area contributed by atoms with Crippen molar-refractivity contribution in [3.8, 4) is 11.5 Å². The summed E-state index contributed by atoms with van der Waals surface area (Å²) in [6.07, 6.45) is 0. The molecule has 0 atom stereocenters. The summed E-state index contributed by atoms with van der Waals surface area (Å²) >= 11 is 0. The van der Waals surface area contributed by atoms with Crippen LogP contribution in [0.4, 0.5) is 18.9 Å². The van der Waals surface area contributed by atoms with Crippen molar-refractivity contribution in [2.45, 2.75) is 11.8 Å². The van der Waals surface area contributed by atoms with Crippen LogP contribution in [0.15, 0.2) is 71.6 Å². The Bertz CT molecular complexity index is 1370. The van der Waals surface area contributed by atoms with Crippen LogP contribution in [-0.2, 0) is 10.0 Å². The molecule has 0 unspecified atom stereocenters. The van der Waals surface area contributed by atoms with Crippen LogP contribution in [-0.4, -0.2) is 13.4 Å². The van der Waals surface area contributed by atoms with E-state index in [0.717, 1.165) is 12.1 Å². The van der Waals surface area contributed by atoms with Crippen molar-refractivity contribution >= 4 is 26.6 Å². The summed E-state index contributed by atoms with van der Waals surface area (Å²) in [4.78, 5) is 3.80. The van der Waals surface area contributed by atoms with Gasteiger partial charge in [-0.1, -0.05) is 0 Å². The minimum Gasteiger partial charge on any atom is -0.457 e. The first-order valence-electron chi connectivity index (χ1n) is 9.03. The number of nitrogens with one attached hydrogen (secondary N) is 1. The highest BCUT2D eigenvalue weighted by Crippen LogP contribution is 2.31. The van der Waals surface area contributed by atoms with Gasteiger partial charge in [-0.25, -0.2) is 21.6 Å². The summed E-state index contributed by atoms with van der Waals surface area (Å²) in [6, 6.07) is 13.7. The number of hydrogen-bond donors (Lipinski definition) is 1. The summed E-state index contributed by atoms with van der Waals surface area (Å²) in [5.74, 6) is -1.66. The zero-order chi connectivity index (χ0) is 22.2. The molecule has 0 spiro atoms. The van der Waals surface area contributed by atoms with Gasteiger partial charge in [-0.15, -0.1) is 0 Å². The normalized spacial score (nSPS) is 11.5. The molecule has 0 amide bonds. The van der Waals surface area contributed by atoms with Gasteiger partial charge in [0.1, 0.15) is 29.0 Å². The fraction of sp³-hybridized carbons (Fsp3) is 0.0455. The number of benzene rings is 3. The van der Waals surface area contributed by atoms with Crippen molar-refractivity contribution < 1.29 is 26.3 Å². The third-order valence-electron chi connectivity index (χ3n) is 4.34. The first kappa shape index (κ1) is 20.7. The van der Waals surface area contributed by atoms with Gasteiger partial charge in [0.25, 0.3) is 10.0 Å². The summed E-state index contributed by atoms with van der Waals surface area (Å²) < 4.78 is 73.2. The molecule has 0 saturated heterocycles. The van der Waals surface area contributed by atoms with Crippen molar-refractivity contribution in [3.63, 3.8) is 0 Å². The van der Waals surface area contributed by atoms with Gasteiger partial charge in [0.15, 0.2) is 0 Å². The number of aromatic nitrogens is 1. The Labute approximate surface area is 176 Å². The number of hydrogen-bond acceptors (Lipinski definition) is 4. The Balaban J connectivity index is 1.58. The Kier molecular flexibility index (Phi) is 5.28. The molecule has 4 aromatic rings. The first-order chi connectivity index (χ1) is 14.7. The molecule has 0 aliphatic heterocycles. The van der Waals surface area contributed by atoms with E-state index in [1.165, 1.54) is 36.4 Å². The molecule has 0 bridgehead atoms. The lowest BCUT2D eigenvalue weighted by molar-refractivity contribution is 0.487. The van der Waals surface area contributed by atoms with Crippen molar-refractivity contribution in [1.82, 2.24) is 4.98 Å². The molecule has 0 radical (unpaired) electrons. The minimum atomic E-state index is -4.19. The van der Waals surface area contributed by atoms with Crippen LogP contribution in [0, 0.1) is 24.4 Å². The molecule has 31 heavy (non-hydrogen) atoms. The second-order valence-electron chi connectivity index (χ2n) is 6.76. The van der Waals surface area contributed by atoms with Gasteiger partial charge in [0, 0.05) is 28.9 Å². The van der Waals surface area contributed by atoms with E-state index >= 15 is 0 Å². The number of nitrogens with zero attached hydrogens (tertiary/aromatic N) is 1. The molecule has 1 N–H and O–H groups in total. The van der Waals surface area contributed by atoms with Crippen LogP contribution in [0.5, 0.6) is 11.5 Å². The monoisotopic (exact) mass is 444 g/mol. The molecule has 4 rings (SSSR count). The highest BCUT2D eigenvalue weighted by molar-refractivity contribution is 7.92. The second kappa shape index (κ2) is 7.92. The number of anilines is 1. The molecule has 0 aliphatic rings. The molecular weight excluding hydrogens is 429 g/mol. The lowest BCUT2D eigenvalue weighted by Crippen LogP contribution is -2.13. The second-order valence-corrected chi connectivity index (χ2v) is 8.44. The van der Waals surface area contributed by atoms with Gasteiger partial charge in [-0.05, 0) is 61.5 Å². The molecule has 3 aromatic carbocycles. The van der Waals surface area contributed by atoms with Gasteiger partial charge in [0.2, 0.25) is 0 Å². The number of halogens is 3. The van der Waals surface area contributed by atoms with E-state index in [2.05, 4.69) is 9.71 Å². The molecule has 1 aromatic heterocycles. The van der Waals surface area contributed by atoms with Gasteiger partial charge in [-0.3, -0.25) is 9.71 Å². The number of pyridine rings is 1. The van der Waals surface area contributed by atoms with Crippen LogP contribution < -0.4 is 9.46 Å². The van der Waals surface area contributed by atoms with Crippen LogP contribution in [0.1, 0.15) is 5.69 Å². The molecule has 1 heterocycles. The van der Waals surface area contributed by atoms with E-state index in [4.69, 9.17) is 4.74 Å². The summed E-state index contributed by atoms with van der Waals surface area (Å²) in [7, 11) is -4.19. The minimum absolute atomic E-state index is 0.166. The topological polar surface area (TPSA) is 68.3 Å². The highest BCUT2D eigenvalue weighted by atomic mass is 32.2. The Morgan fingerprint density at radius 3 is 2.19 bits per heavy atom. The molecule has 9 heteroatoms. The average Bonchev–Trinajstić information content (AvgIpc) is 2.69. The molecule has 0 fully saturated rings. The maximum Gasteiger partial charge on any atom is 0.262 e. The number of rotatable bonds is 5. The van der Waals surface area contributed by atoms with E-state index in [0.29, 0.717) is 34.2 Å². The van der Waals surface area contributed by atoms with Crippen molar-refractivity contribution in [2.24, 2.45) is 0 Å². The van der Waals surface area contributed by atoms with Crippen molar-refractivity contribution in [1.29, 1.82) is 0 Å². The highest BCUT2D eigenvalue weighted by Gasteiger charge is 2.17. The van der Waals surface area contributed by atoms with E-state index in [1.807, 2.05) is 0 Å². The Morgan fingerprint density at radius 1 is 0.839 bits per heavy atom. The Morgan fingerprint density at radius 2 is 1.52 bits per heavy atom. The predicted octanol–water partition coefficient (Wildman–Crippen LogP) is 5.55. The summed E-state index contributed by atoms with van der Waals surface area (Å²) in [6.45, 7) is 1.78. The standard InChI is InChI=1S/C22H15F3N2O3S/c1-13-8-22(20-12-14(23)2-7-21(20)26-13)30-18-5-3-17(4-6-18)27-31(28,29)19-10-15(24)9-16(25)11-19/h2-12,27H,1H3. The van der Waals surface area contributed by atoms with Crippen LogP contribution in [0.3, 0.4) is 0 Å². The SMILES string of the molecule is Cc1cc(Oc2ccc(NS(=O)(=O)c3cc(F)cc(F)c3)cc2)c2cc(F)ccc2n1. The van der Waals surface area contributed by atoms with Gasteiger partial charge < -0.3 is 4.74 Å². The lowest BCUT2D eigenvalue weighted by Gasteiger charge is -2.12. The quantitative estimate of drug-likeness (QED) is 0.438. The summed E-state index contributed by atoms with van der Waals surface area (Å²) in [5.41, 5.74) is 1.42. The zero-order valence-corrected chi connectivity index (χ0v) is 16.9. The van der Waals surface area contributed by atoms with Gasteiger partial charge in [0.05, 0.1) is 10.4 Å². The van der Waals surface area contributed by atoms with Gasteiger partial charge in [-0.2, -0.15) is 0 Å².